The van der Waals surface area contributed by atoms with Crippen molar-refractivity contribution in [3.8, 4) is 5.82 Å². The number of nitrogen functional groups attached to an aromatic ring is 1. The van der Waals surface area contributed by atoms with Crippen LogP contribution in [0.15, 0.2) is 18.6 Å². The van der Waals surface area contributed by atoms with E-state index in [1.54, 1.807) is 0 Å². The van der Waals surface area contributed by atoms with Gasteiger partial charge in [0.1, 0.15) is 11.4 Å². The van der Waals surface area contributed by atoms with Gasteiger partial charge in [-0.05, 0) is 13.8 Å². The van der Waals surface area contributed by atoms with E-state index in [1.165, 1.54) is 30.4 Å². The van der Waals surface area contributed by atoms with Crippen molar-refractivity contribution in [3.63, 3.8) is 0 Å². The van der Waals surface area contributed by atoms with Crippen molar-refractivity contribution in [1.29, 1.82) is 0 Å². The third-order valence-electron chi connectivity index (χ3n) is 2.50. The molecule has 106 valence electrons. The summed E-state index contributed by atoms with van der Waals surface area (Å²) in [5.41, 5.74) is 6.17. The molecule has 2 rings (SSSR count). The number of anilines is 2. The monoisotopic (exact) mass is 276 g/mol. The van der Waals surface area contributed by atoms with Crippen LogP contribution in [0.5, 0.6) is 0 Å². The van der Waals surface area contributed by atoms with Crippen LogP contribution in [0.25, 0.3) is 5.82 Å². The Morgan fingerprint density at radius 2 is 2.20 bits per heavy atom. The van der Waals surface area contributed by atoms with E-state index in [0.717, 1.165) is 0 Å². The fraction of sp³-hybridized carbons (Fsp3) is 0.333. The highest BCUT2D eigenvalue weighted by Crippen LogP contribution is 2.25. The van der Waals surface area contributed by atoms with Gasteiger partial charge in [-0.3, -0.25) is 4.98 Å². The van der Waals surface area contributed by atoms with Crippen LogP contribution in [-0.4, -0.2) is 38.9 Å². The normalized spacial score (nSPS) is 10.6. The minimum atomic E-state index is -0.555. The Hall–Kier alpha value is -2.64. The Morgan fingerprint density at radius 1 is 1.45 bits per heavy atom. The molecule has 0 atom stereocenters. The maximum Gasteiger partial charge on any atom is 0.345 e. The molecular weight excluding hydrogens is 260 g/mol. The van der Waals surface area contributed by atoms with E-state index in [0.29, 0.717) is 11.6 Å². The molecule has 20 heavy (non-hydrogen) atoms. The fourth-order valence-electron chi connectivity index (χ4n) is 1.68. The molecule has 2 aromatic rings. The lowest BCUT2D eigenvalue weighted by Crippen LogP contribution is -2.14. The average molecular weight is 276 g/mol. The van der Waals surface area contributed by atoms with Crippen molar-refractivity contribution < 1.29 is 9.53 Å². The summed E-state index contributed by atoms with van der Waals surface area (Å²) >= 11 is 0. The number of nitrogens with zero attached hydrogens (tertiary/aromatic N) is 4. The van der Waals surface area contributed by atoms with Crippen molar-refractivity contribution in [2.24, 2.45) is 0 Å². The Balaban J connectivity index is 2.55. The third kappa shape index (κ3) is 2.53. The molecule has 0 aliphatic heterocycles. The summed E-state index contributed by atoms with van der Waals surface area (Å²) in [5.74, 6) is 0.378. The molecule has 0 spiro atoms. The SMILES string of the molecule is COC(=O)c1c(NC(C)C)nn(-c2cnccn2)c1N. The molecule has 0 fully saturated rings. The van der Waals surface area contributed by atoms with Gasteiger partial charge in [-0.15, -0.1) is 5.10 Å². The number of hydrogen-bond acceptors (Lipinski definition) is 7. The third-order valence-corrected chi connectivity index (χ3v) is 2.50. The van der Waals surface area contributed by atoms with Gasteiger partial charge >= 0.3 is 5.97 Å². The van der Waals surface area contributed by atoms with Gasteiger partial charge in [0.05, 0.1) is 13.3 Å². The molecule has 8 heteroatoms. The molecule has 8 nitrogen and oxygen atoms in total. The highest BCUT2D eigenvalue weighted by Gasteiger charge is 2.24. The minimum Gasteiger partial charge on any atom is -0.465 e. The summed E-state index contributed by atoms with van der Waals surface area (Å²) in [4.78, 5) is 19.9. The number of carbonyl (C=O) groups is 1. The van der Waals surface area contributed by atoms with Crippen molar-refractivity contribution in [1.82, 2.24) is 19.7 Å². The molecule has 3 N–H and O–H groups in total. The van der Waals surface area contributed by atoms with Gasteiger partial charge in [0.15, 0.2) is 11.6 Å². The van der Waals surface area contributed by atoms with E-state index < -0.39 is 5.97 Å². The van der Waals surface area contributed by atoms with Gasteiger partial charge in [0.25, 0.3) is 0 Å². The van der Waals surface area contributed by atoms with Crippen LogP contribution in [-0.2, 0) is 4.74 Å². The first-order valence-electron chi connectivity index (χ1n) is 6.04. The van der Waals surface area contributed by atoms with E-state index in [-0.39, 0.29) is 17.4 Å². The average Bonchev–Trinajstić information content (AvgIpc) is 2.75. The zero-order valence-electron chi connectivity index (χ0n) is 11.5. The van der Waals surface area contributed by atoms with Crippen LogP contribution >= 0.6 is 0 Å². The van der Waals surface area contributed by atoms with Gasteiger partial charge in [0, 0.05) is 18.4 Å². The van der Waals surface area contributed by atoms with E-state index in [1.807, 2.05) is 13.8 Å². The molecule has 0 amide bonds. The van der Waals surface area contributed by atoms with Gasteiger partial charge in [-0.1, -0.05) is 0 Å². The molecule has 0 saturated carbocycles. The van der Waals surface area contributed by atoms with E-state index in [4.69, 9.17) is 10.5 Å². The molecule has 0 aromatic carbocycles. The lowest BCUT2D eigenvalue weighted by Gasteiger charge is -2.07. The molecule has 2 heterocycles. The zero-order valence-corrected chi connectivity index (χ0v) is 11.5. The van der Waals surface area contributed by atoms with E-state index in [2.05, 4.69) is 20.4 Å². The molecule has 0 bridgehead atoms. The summed E-state index contributed by atoms with van der Waals surface area (Å²) in [6.07, 6.45) is 4.56. The van der Waals surface area contributed by atoms with Crippen LogP contribution in [0.3, 0.4) is 0 Å². The van der Waals surface area contributed by atoms with Gasteiger partial charge in [0.2, 0.25) is 0 Å². The number of methoxy groups -OCH3 is 1. The Labute approximate surface area is 116 Å². The topological polar surface area (TPSA) is 108 Å². The fourth-order valence-corrected chi connectivity index (χ4v) is 1.68. The Kier molecular flexibility index (Phi) is 3.83. The highest BCUT2D eigenvalue weighted by atomic mass is 16.5. The van der Waals surface area contributed by atoms with Crippen LogP contribution in [0, 0.1) is 0 Å². The second kappa shape index (κ2) is 5.55. The molecule has 0 saturated heterocycles. The molecule has 0 aliphatic carbocycles. The van der Waals surface area contributed by atoms with Crippen molar-refractivity contribution in [2.45, 2.75) is 19.9 Å². The molecule has 0 radical (unpaired) electrons. The standard InChI is InChI=1S/C12H16N6O2/c1-7(2)16-11-9(12(19)20-3)10(13)18(17-11)8-6-14-4-5-15-8/h4-7H,13H2,1-3H3,(H,16,17). The number of hydrogen-bond donors (Lipinski definition) is 2. The lowest BCUT2D eigenvalue weighted by atomic mass is 10.3. The molecular formula is C12H16N6O2. The number of nitrogens with two attached hydrogens (primary N) is 1. The maximum atomic E-state index is 11.8. The Morgan fingerprint density at radius 3 is 2.75 bits per heavy atom. The van der Waals surface area contributed by atoms with Crippen molar-refractivity contribution in [2.75, 3.05) is 18.2 Å². The highest BCUT2D eigenvalue weighted by molar-refractivity contribution is 5.99. The lowest BCUT2D eigenvalue weighted by molar-refractivity contribution is 0.0603. The van der Waals surface area contributed by atoms with E-state index in [9.17, 15) is 4.79 Å². The van der Waals surface area contributed by atoms with Crippen LogP contribution in [0.1, 0.15) is 24.2 Å². The number of rotatable bonds is 4. The minimum absolute atomic E-state index is 0.0861. The maximum absolute atomic E-state index is 11.8. The number of ether oxygens (including phenoxy) is 1. The van der Waals surface area contributed by atoms with Crippen LogP contribution in [0.4, 0.5) is 11.6 Å². The predicted octanol–water partition coefficient (Wildman–Crippen LogP) is 0.851. The number of nitrogens with one attached hydrogen (secondary N) is 1. The van der Waals surface area contributed by atoms with E-state index >= 15 is 0 Å². The van der Waals surface area contributed by atoms with Gasteiger partial charge in [-0.25, -0.2) is 9.78 Å². The summed E-state index contributed by atoms with van der Waals surface area (Å²) in [7, 11) is 1.29. The first-order valence-corrected chi connectivity index (χ1v) is 6.04. The second-order valence-corrected chi connectivity index (χ2v) is 4.37. The Bertz CT molecular complexity index is 608. The molecule has 2 aromatic heterocycles. The first-order chi connectivity index (χ1) is 9.54. The number of carbonyl (C=O) groups excluding carboxylic acids is 1. The second-order valence-electron chi connectivity index (χ2n) is 4.37. The summed E-state index contributed by atoms with van der Waals surface area (Å²) in [6.45, 7) is 3.86. The van der Waals surface area contributed by atoms with Gasteiger partial charge in [-0.2, -0.15) is 4.68 Å². The summed E-state index contributed by atoms with van der Waals surface area (Å²) in [5, 5.41) is 7.32. The van der Waals surface area contributed by atoms with Crippen LogP contribution < -0.4 is 11.1 Å². The zero-order chi connectivity index (χ0) is 14.7. The summed E-state index contributed by atoms with van der Waals surface area (Å²) < 4.78 is 6.09. The smallest absolute Gasteiger partial charge is 0.345 e. The summed E-state index contributed by atoms with van der Waals surface area (Å²) in [6, 6.07) is 0.0861. The number of esters is 1. The van der Waals surface area contributed by atoms with Crippen molar-refractivity contribution >= 4 is 17.6 Å². The quantitative estimate of drug-likeness (QED) is 0.797. The number of aromatic nitrogens is 4. The predicted molar refractivity (Wildman–Crippen MR) is 73.7 cm³/mol. The van der Waals surface area contributed by atoms with Gasteiger partial charge < -0.3 is 15.8 Å². The van der Waals surface area contributed by atoms with Crippen molar-refractivity contribution in [3.05, 3.63) is 24.2 Å². The molecule has 0 aliphatic rings. The molecule has 0 unspecified atom stereocenters. The first kappa shape index (κ1) is 13.8. The van der Waals surface area contributed by atoms with Crippen LogP contribution in [0.2, 0.25) is 0 Å². The largest absolute Gasteiger partial charge is 0.465 e.